The molecule has 0 aromatic heterocycles. The summed E-state index contributed by atoms with van der Waals surface area (Å²) in [4.78, 5) is 0. The maximum Gasteiger partial charge on any atom is 0.119 e. The monoisotopic (exact) mass is 248 g/mol. The van der Waals surface area contributed by atoms with E-state index in [0.29, 0.717) is 0 Å². The van der Waals surface area contributed by atoms with Crippen LogP contribution in [0.4, 0.5) is 0 Å². The molecular formula is C16H24O2. The van der Waals surface area contributed by atoms with E-state index < -0.39 is 0 Å². The van der Waals surface area contributed by atoms with Crippen molar-refractivity contribution in [3.63, 3.8) is 0 Å². The second-order valence-corrected chi connectivity index (χ2v) is 5.33. The highest BCUT2D eigenvalue weighted by Gasteiger charge is 2.15. The third-order valence-corrected chi connectivity index (χ3v) is 3.79. The molecule has 1 fully saturated rings. The molecule has 1 saturated carbocycles. The number of hydrogen-bond donors (Lipinski definition) is 1. The lowest BCUT2D eigenvalue weighted by Gasteiger charge is -2.13. The highest BCUT2D eigenvalue weighted by Crippen LogP contribution is 2.26. The number of aliphatic hydroxyl groups excluding tert-OH is 1. The van der Waals surface area contributed by atoms with E-state index in [1.54, 1.807) is 0 Å². The van der Waals surface area contributed by atoms with Crippen LogP contribution in [-0.4, -0.2) is 11.7 Å². The molecule has 1 aromatic rings. The Bertz CT molecular complexity index is 339. The minimum atomic E-state index is -0.334. The summed E-state index contributed by atoms with van der Waals surface area (Å²) in [6, 6.07) is 7.90. The molecule has 0 bridgehead atoms. The van der Waals surface area contributed by atoms with Crippen LogP contribution in [0.1, 0.15) is 57.1 Å². The predicted octanol–water partition coefficient (Wildman–Crippen LogP) is 4.09. The zero-order valence-electron chi connectivity index (χ0n) is 11.3. The summed E-state index contributed by atoms with van der Waals surface area (Å²) in [5.74, 6) is 1.67. The van der Waals surface area contributed by atoms with Crippen LogP contribution in [0, 0.1) is 5.92 Å². The van der Waals surface area contributed by atoms with Crippen LogP contribution in [0.15, 0.2) is 24.3 Å². The van der Waals surface area contributed by atoms with Crippen molar-refractivity contribution in [1.29, 1.82) is 0 Å². The molecule has 0 amide bonds. The van der Waals surface area contributed by atoms with Gasteiger partial charge in [0.25, 0.3) is 0 Å². The van der Waals surface area contributed by atoms with Crippen molar-refractivity contribution in [3.8, 4) is 5.75 Å². The first-order valence-electron chi connectivity index (χ1n) is 7.20. The molecule has 1 aliphatic rings. The van der Waals surface area contributed by atoms with Gasteiger partial charge in [-0.25, -0.2) is 0 Å². The number of rotatable bonds is 6. The van der Waals surface area contributed by atoms with Gasteiger partial charge in [0.15, 0.2) is 0 Å². The number of benzene rings is 1. The maximum atomic E-state index is 9.87. The van der Waals surface area contributed by atoms with Gasteiger partial charge in [0, 0.05) is 0 Å². The van der Waals surface area contributed by atoms with E-state index >= 15 is 0 Å². The van der Waals surface area contributed by atoms with Gasteiger partial charge in [-0.15, -0.1) is 0 Å². The summed E-state index contributed by atoms with van der Waals surface area (Å²) in [5.41, 5.74) is 0.991. The third-order valence-electron chi connectivity index (χ3n) is 3.79. The summed E-state index contributed by atoms with van der Waals surface area (Å²) in [6.45, 7) is 2.93. The van der Waals surface area contributed by atoms with Crippen molar-refractivity contribution in [2.24, 2.45) is 5.92 Å². The second kappa shape index (κ2) is 6.79. The third kappa shape index (κ3) is 3.74. The van der Waals surface area contributed by atoms with Gasteiger partial charge in [-0.05, 0) is 42.9 Å². The molecule has 100 valence electrons. The Morgan fingerprint density at radius 1 is 1.22 bits per heavy atom. The molecule has 0 heterocycles. The Kier molecular flexibility index (Phi) is 5.06. The molecule has 0 radical (unpaired) electrons. The molecule has 18 heavy (non-hydrogen) atoms. The lowest BCUT2D eigenvalue weighted by molar-refractivity contribution is 0.166. The Hall–Kier alpha value is -1.02. The minimum absolute atomic E-state index is 0.334. The van der Waals surface area contributed by atoms with Gasteiger partial charge >= 0.3 is 0 Å². The van der Waals surface area contributed by atoms with Crippen LogP contribution < -0.4 is 4.74 Å². The van der Waals surface area contributed by atoms with Crippen LogP contribution in [0.2, 0.25) is 0 Å². The first-order chi connectivity index (χ1) is 8.79. The SMILES string of the molecule is CCCC(O)c1ccc(OCC2CCCC2)cc1. The van der Waals surface area contributed by atoms with Gasteiger partial charge in [-0.2, -0.15) is 0 Å². The minimum Gasteiger partial charge on any atom is -0.493 e. The van der Waals surface area contributed by atoms with E-state index in [4.69, 9.17) is 4.74 Å². The lowest BCUT2D eigenvalue weighted by atomic mass is 10.1. The molecule has 1 aliphatic carbocycles. The summed E-state index contributed by atoms with van der Waals surface area (Å²) in [5, 5.41) is 9.87. The molecule has 1 unspecified atom stereocenters. The van der Waals surface area contributed by atoms with E-state index in [2.05, 4.69) is 6.92 Å². The molecule has 2 nitrogen and oxygen atoms in total. The molecule has 1 N–H and O–H groups in total. The Morgan fingerprint density at radius 3 is 2.50 bits per heavy atom. The van der Waals surface area contributed by atoms with Crippen LogP contribution >= 0.6 is 0 Å². The average molecular weight is 248 g/mol. The van der Waals surface area contributed by atoms with Crippen LogP contribution in [0.25, 0.3) is 0 Å². The van der Waals surface area contributed by atoms with E-state index in [1.807, 2.05) is 24.3 Å². The van der Waals surface area contributed by atoms with Gasteiger partial charge in [0.05, 0.1) is 12.7 Å². The highest BCUT2D eigenvalue weighted by atomic mass is 16.5. The van der Waals surface area contributed by atoms with Gasteiger partial charge < -0.3 is 9.84 Å². The van der Waals surface area contributed by atoms with E-state index in [1.165, 1.54) is 25.7 Å². The normalized spacial score (nSPS) is 17.9. The van der Waals surface area contributed by atoms with E-state index in [-0.39, 0.29) is 6.10 Å². The molecule has 0 spiro atoms. The number of hydrogen-bond acceptors (Lipinski definition) is 2. The standard InChI is InChI=1S/C16H24O2/c1-2-5-16(17)14-8-10-15(11-9-14)18-12-13-6-3-4-7-13/h8-11,13,16-17H,2-7,12H2,1H3. The molecule has 1 aromatic carbocycles. The number of ether oxygens (including phenoxy) is 1. The van der Waals surface area contributed by atoms with Crippen molar-refractivity contribution >= 4 is 0 Å². The van der Waals surface area contributed by atoms with E-state index in [0.717, 1.165) is 36.7 Å². The molecular weight excluding hydrogens is 224 g/mol. The quantitative estimate of drug-likeness (QED) is 0.821. The lowest BCUT2D eigenvalue weighted by Crippen LogP contribution is -2.08. The van der Waals surface area contributed by atoms with Gasteiger partial charge in [0.1, 0.15) is 5.75 Å². The molecule has 0 saturated heterocycles. The van der Waals surface area contributed by atoms with Gasteiger partial charge in [-0.1, -0.05) is 38.3 Å². The molecule has 2 heteroatoms. The van der Waals surface area contributed by atoms with Crippen LogP contribution in [-0.2, 0) is 0 Å². The Balaban J connectivity index is 1.83. The first kappa shape index (κ1) is 13.4. The largest absolute Gasteiger partial charge is 0.493 e. The predicted molar refractivity (Wildman–Crippen MR) is 73.8 cm³/mol. The van der Waals surface area contributed by atoms with Crippen LogP contribution in [0.3, 0.4) is 0 Å². The fourth-order valence-electron chi connectivity index (χ4n) is 2.62. The highest BCUT2D eigenvalue weighted by molar-refractivity contribution is 5.28. The smallest absolute Gasteiger partial charge is 0.119 e. The molecule has 2 rings (SSSR count). The van der Waals surface area contributed by atoms with Crippen molar-refractivity contribution in [2.45, 2.75) is 51.6 Å². The summed E-state index contributed by atoms with van der Waals surface area (Å²) in [6.07, 6.45) is 6.83. The van der Waals surface area contributed by atoms with Gasteiger partial charge in [0.2, 0.25) is 0 Å². The van der Waals surface area contributed by atoms with Crippen molar-refractivity contribution in [1.82, 2.24) is 0 Å². The first-order valence-corrected chi connectivity index (χ1v) is 7.20. The summed E-state index contributed by atoms with van der Waals surface area (Å²) < 4.78 is 5.80. The Morgan fingerprint density at radius 2 is 1.89 bits per heavy atom. The van der Waals surface area contributed by atoms with Crippen LogP contribution in [0.5, 0.6) is 5.75 Å². The fourth-order valence-corrected chi connectivity index (χ4v) is 2.62. The summed E-state index contributed by atoms with van der Waals surface area (Å²) >= 11 is 0. The summed E-state index contributed by atoms with van der Waals surface area (Å²) in [7, 11) is 0. The number of aliphatic hydroxyl groups is 1. The topological polar surface area (TPSA) is 29.5 Å². The zero-order chi connectivity index (χ0) is 12.8. The second-order valence-electron chi connectivity index (χ2n) is 5.33. The molecule has 0 aliphatic heterocycles. The fraction of sp³-hybridized carbons (Fsp3) is 0.625. The zero-order valence-corrected chi connectivity index (χ0v) is 11.3. The van der Waals surface area contributed by atoms with E-state index in [9.17, 15) is 5.11 Å². The molecule has 1 atom stereocenters. The van der Waals surface area contributed by atoms with Crippen molar-refractivity contribution in [2.75, 3.05) is 6.61 Å². The van der Waals surface area contributed by atoms with Crippen molar-refractivity contribution in [3.05, 3.63) is 29.8 Å². The van der Waals surface area contributed by atoms with Gasteiger partial charge in [-0.3, -0.25) is 0 Å². The van der Waals surface area contributed by atoms with Crippen molar-refractivity contribution < 1.29 is 9.84 Å². The average Bonchev–Trinajstić information content (AvgIpc) is 2.90. The maximum absolute atomic E-state index is 9.87. The Labute approximate surface area is 110 Å².